The average Bonchev–Trinajstić information content (AvgIpc) is 3.06. The predicted octanol–water partition coefficient (Wildman–Crippen LogP) is 1.90. The summed E-state index contributed by atoms with van der Waals surface area (Å²) in [4.78, 5) is 17.2. The number of pyridine rings is 1. The van der Waals surface area contributed by atoms with Crippen molar-refractivity contribution < 1.29 is 0 Å². The number of nitrogens with zero attached hydrogens (tertiary/aromatic N) is 5. The number of imidazole rings is 1. The first kappa shape index (κ1) is 15.2. The summed E-state index contributed by atoms with van der Waals surface area (Å²) in [6, 6.07) is 2.20. The van der Waals surface area contributed by atoms with Gasteiger partial charge in [0.2, 0.25) is 5.95 Å². The third kappa shape index (κ3) is 2.36. The number of nitrogens with two attached hydrogens (primary N) is 2. The van der Waals surface area contributed by atoms with E-state index in [-0.39, 0.29) is 0 Å². The molecule has 0 aromatic carbocycles. The van der Waals surface area contributed by atoms with Gasteiger partial charge in [0, 0.05) is 48.8 Å². The minimum absolute atomic E-state index is 0.322. The zero-order valence-electron chi connectivity index (χ0n) is 13.2. The highest BCUT2D eigenvalue weighted by Gasteiger charge is 2.54. The summed E-state index contributed by atoms with van der Waals surface area (Å²) in [6.07, 6.45) is 7.22. The van der Waals surface area contributed by atoms with Gasteiger partial charge < -0.3 is 16.4 Å². The van der Waals surface area contributed by atoms with Gasteiger partial charge in [0.1, 0.15) is 5.82 Å². The number of aromatic nitrogens is 4. The molecule has 9 heteroatoms. The van der Waals surface area contributed by atoms with Gasteiger partial charge in [-0.1, -0.05) is 23.4 Å². The topological polar surface area (TPSA) is 98.4 Å². The lowest BCUT2D eigenvalue weighted by molar-refractivity contribution is 0.718. The fraction of sp³-hybridized carbons (Fsp3) is 0.312. The van der Waals surface area contributed by atoms with Crippen LogP contribution in [0.25, 0.3) is 5.65 Å². The van der Waals surface area contributed by atoms with Gasteiger partial charge in [0.05, 0.1) is 9.92 Å². The first-order valence-corrected chi connectivity index (χ1v) is 9.23. The second-order valence-electron chi connectivity index (χ2n) is 6.46. The third-order valence-corrected chi connectivity index (χ3v) is 6.59. The summed E-state index contributed by atoms with van der Waals surface area (Å²) < 4.78 is 2.02. The Hall–Kier alpha value is -2.03. The van der Waals surface area contributed by atoms with Crippen LogP contribution in [0, 0.1) is 11.8 Å². The van der Waals surface area contributed by atoms with Crippen LogP contribution in [0.2, 0.25) is 5.02 Å². The van der Waals surface area contributed by atoms with E-state index in [1.54, 1.807) is 12.4 Å². The quantitative estimate of drug-likeness (QED) is 0.723. The number of hydrogen-bond donors (Lipinski definition) is 2. The number of halogens is 1. The third-order valence-electron chi connectivity index (χ3n) is 5.02. The van der Waals surface area contributed by atoms with Gasteiger partial charge in [0.25, 0.3) is 0 Å². The Bertz CT molecular complexity index is 962. The number of hydrogen-bond acceptors (Lipinski definition) is 7. The molecule has 3 aromatic heterocycles. The van der Waals surface area contributed by atoms with Crippen molar-refractivity contribution in [3.63, 3.8) is 0 Å². The molecular weight excluding hydrogens is 358 g/mol. The summed E-state index contributed by atoms with van der Waals surface area (Å²) in [6.45, 7) is 1.93. The smallest absolute Gasteiger partial charge is 0.211 e. The summed E-state index contributed by atoms with van der Waals surface area (Å²) in [5, 5.41) is 0.454. The Morgan fingerprint density at radius 2 is 1.92 bits per heavy atom. The van der Waals surface area contributed by atoms with Gasteiger partial charge in [-0.15, -0.1) is 0 Å². The zero-order chi connectivity index (χ0) is 17.1. The van der Waals surface area contributed by atoms with Crippen LogP contribution in [0.5, 0.6) is 0 Å². The lowest BCUT2D eigenvalue weighted by atomic mass is 10.4. The van der Waals surface area contributed by atoms with Crippen LogP contribution in [-0.4, -0.2) is 38.5 Å². The van der Waals surface area contributed by atoms with Gasteiger partial charge in [0.15, 0.2) is 5.65 Å². The van der Waals surface area contributed by atoms with Crippen LogP contribution in [0.3, 0.4) is 0 Å². The minimum atomic E-state index is 0.322. The van der Waals surface area contributed by atoms with E-state index in [0.29, 0.717) is 28.7 Å². The van der Waals surface area contributed by atoms with Gasteiger partial charge in [-0.3, -0.25) is 4.40 Å². The lowest BCUT2D eigenvalue weighted by Gasteiger charge is -2.21. The van der Waals surface area contributed by atoms with E-state index in [1.807, 2.05) is 22.9 Å². The number of rotatable bonds is 3. The largest absolute Gasteiger partial charge is 0.382 e. The molecule has 0 radical (unpaired) electrons. The fourth-order valence-corrected chi connectivity index (χ4v) is 4.70. The summed E-state index contributed by atoms with van der Waals surface area (Å²) in [5.41, 5.74) is 12.7. The maximum atomic E-state index is 6.26. The van der Waals surface area contributed by atoms with Crippen molar-refractivity contribution in [2.45, 2.75) is 15.8 Å². The molecule has 0 spiro atoms. The predicted molar refractivity (Wildman–Crippen MR) is 97.9 cm³/mol. The van der Waals surface area contributed by atoms with Gasteiger partial charge in [-0.05, 0) is 17.9 Å². The molecular formula is C16H16ClN7S. The van der Waals surface area contributed by atoms with Crippen molar-refractivity contribution >= 4 is 40.8 Å². The average molecular weight is 374 g/mol. The van der Waals surface area contributed by atoms with Crippen molar-refractivity contribution in [2.24, 2.45) is 17.6 Å². The molecule has 4 heterocycles. The molecule has 2 fully saturated rings. The molecule has 3 atom stereocenters. The maximum absolute atomic E-state index is 6.26. The van der Waals surface area contributed by atoms with Gasteiger partial charge in [-0.25, -0.2) is 15.0 Å². The summed E-state index contributed by atoms with van der Waals surface area (Å²) in [7, 11) is 0. The lowest BCUT2D eigenvalue weighted by Crippen LogP contribution is -2.30. The molecule has 4 N–H and O–H groups in total. The molecule has 2 aliphatic rings. The molecule has 0 bridgehead atoms. The Morgan fingerprint density at radius 1 is 1.12 bits per heavy atom. The van der Waals surface area contributed by atoms with Crippen molar-refractivity contribution in [2.75, 3.05) is 23.7 Å². The Labute approximate surface area is 153 Å². The highest BCUT2D eigenvalue weighted by atomic mass is 35.5. The van der Waals surface area contributed by atoms with E-state index >= 15 is 0 Å². The van der Waals surface area contributed by atoms with Crippen molar-refractivity contribution in [3.05, 3.63) is 35.9 Å². The van der Waals surface area contributed by atoms with E-state index in [9.17, 15) is 0 Å². The van der Waals surface area contributed by atoms with E-state index in [1.165, 1.54) is 11.8 Å². The molecule has 25 heavy (non-hydrogen) atoms. The first-order chi connectivity index (χ1) is 12.1. The van der Waals surface area contributed by atoms with Gasteiger partial charge >= 0.3 is 0 Å². The fourth-order valence-electron chi connectivity index (χ4n) is 3.56. The SMILES string of the molecule is Nc1nccc(Sc2cnc(N3CC4C(N)[C@H]4C3)n3ccnc23)c1Cl. The maximum Gasteiger partial charge on any atom is 0.211 e. The molecule has 1 saturated carbocycles. The van der Waals surface area contributed by atoms with Crippen molar-refractivity contribution in [3.8, 4) is 0 Å². The monoisotopic (exact) mass is 373 g/mol. The molecule has 0 amide bonds. The number of anilines is 2. The second-order valence-corrected chi connectivity index (χ2v) is 7.93. The second kappa shape index (κ2) is 5.48. The number of piperidine rings is 1. The molecule has 1 aliphatic heterocycles. The molecule has 5 rings (SSSR count). The van der Waals surface area contributed by atoms with E-state index < -0.39 is 0 Å². The van der Waals surface area contributed by atoms with Gasteiger partial charge in [-0.2, -0.15) is 0 Å². The summed E-state index contributed by atoms with van der Waals surface area (Å²) >= 11 is 7.75. The van der Waals surface area contributed by atoms with Crippen molar-refractivity contribution in [1.29, 1.82) is 0 Å². The first-order valence-electron chi connectivity index (χ1n) is 8.04. The standard InChI is InChI=1S/C16H16ClN7S/c17-12-10(1-2-20-14(12)19)25-11-5-22-16(24-4-3-21-15(11)24)23-6-8-9(7-23)13(8)18/h1-5,8-9,13H,6-7,18H2,(H2,19,20)/t8-,9?,13?/m0/s1. The molecule has 128 valence electrons. The van der Waals surface area contributed by atoms with Crippen LogP contribution in [-0.2, 0) is 0 Å². The van der Waals surface area contributed by atoms with Crippen LogP contribution in [0.1, 0.15) is 0 Å². The van der Waals surface area contributed by atoms with Crippen molar-refractivity contribution in [1.82, 2.24) is 19.4 Å². The normalized spacial score (nSPS) is 24.7. The van der Waals surface area contributed by atoms with Crippen LogP contribution < -0.4 is 16.4 Å². The molecule has 1 saturated heterocycles. The molecule has 1 aliphatic carbocycles. The van der Waals surface area contributed by atoms with Crippen LogP contribution >= 0.6 is 23.4 Å². The van der Waals surface area contributed by atoms with E-state index in [4.69, 9.17) is 23.1 Å². The minimum Gasteiger partial charge on any atom is -0.382 e. The van der Waals surface area contributed by atoms with Crippen LogP contribution in [0.15, 0.2) is 40.6 Å². The van der Waals surface area contributed by atoms with E-state index in [2.05, 4.69) is 19.9 Å². The Kier molecular flexibility index (Phi) is 3.34. The number of fused-ring (bicyclic) bond motifs is 2. The number of nitrogen functional groups attached to an aromatic ring is 1. The Balaban J connectivity index is 1.50. The Morgan fingerprint density at radius 3 is 2.72 bits per heavy atom. The highest BCUT2D eigenvalue weighted by molar-refractivity contribution is 7.99. The molecule has 7 nitrogen and oxygen atoms in total. The van der Waals surface area contributed by atoms with E-state index in [0.717, 1.165) is 34.5 Å². The molecule has 3 aromatic rings. The summed E-state index contributed by atoms with van der Waals surface area (Å²) in [5.74, 6) is 2.45. The molecule has 2 unspecified atom stereocenters. The zero-order valence-corrected chi connectivity index (χ0v) is 14.8. The van der Waals surface area contributed by atoms with Crippen LogP contribution in [0.4, 0.5) is 11.8 Å². The highest BCUT2D eigenvalue weighted by Crippen LogP contribution is 2.45.